The molecule has 3 heteroatoms. The summed E-state index contributed by atoms with van der Waals surface area (Å²) in [5, 5.41) is 0. The molecule has 0 radical (unpaired) electrons. The molecule has 68 valence electrons. The highest BCUT2D eigenvalue weighted by Crippen LogP contribution is 1.99. The SMILES string of the molecule is C=C(C)NOC(=O)c1ccccc1. The van der Waals surface area contributed by atoms with E-state index in [0.717, 1.165) is 0 Å². The van der Waals surface area contributed by atoms with E-state index in [9.17, 15) is 4.79 Å². The average Bonchev–Trinajstić information content (AvgIpc) is 2.15. The van der Waals surface area contributed by atoms with Crippen LogP contribution >= 0.6 is 0 Å². The number of benzene rings is 1. The molecular formula is C10H11NO2. The van der Waals surface area contributed by atoms with Gasteiger partial charge in [-0.05, 0) is 19.1 Å². The van der Waals surface area contributed by atoms with Gasteiger partial charge in [-0.2, -0.15) is 0 Å². The zero-order valence-corrected chi connectivity index (χ0v) is 7.41. The van der Waals surface area contributed by atoms with Gasteiger partial charge in [0.15, 0.2) is 0 Å². The zero-order valence-electron chi connectivity index (χ0n) is 7.41. The molecule has 1 N–H and O–H groups in total. The van der Waals surface area contributed by atoms with Gasteiger partial charge in [-0.25, -0.2) is 10.3 Å². The fourth-order valence-electron chi connectivity index (χ4n) is 0.767. The quantitative estimate of drug-likeness (QED) is 0.716. The lowest BCUT2D eigenvalue weighted by molar-refractivity contribution is 0.0325. The Kier molecular flexibility index (Phi) is 3.09. The van der Waals surface area contributed by atoms with E-state index in [2.05, 4.69) is 12.1 Å². The fourth-order valence-corrected chi connectivity index (χ4v) is 0.767. The number of carbonyl (C=O) groups excluding carboxylic acids is 1. The Labute approximate surface area is 77.0 Å². The monoisotopic (exact) mass is 177 g/mol. The summed E-state index contributed by atoms with van der Waals surface area (Å²) in [6, 6.07) is 8.75. The third-order valence-electron chi connectivity index (χ3n) is 1.33. The van der Waals surface area contributed by atoms with E-state index in [0.29, 0.717) is 11.3 Å². The van der Waals surface area contributed by atoms with Crippen LogP contribution in [0.5, 0.6) is 0 Å². The van der Waals surface area contributed by atoms with E-state index >= 15 is 0 Å². The number of hydrogen-bond acceptors (Lipinski definition) is 3. The van der Waals surface area contributed by atoms with Crippen molar-refractivity contribution in [1.29, 1.82) is 0 Å². The Morgan fingerprint density at radius 2 is 2.00 bits per heavy atom. The highest BCUT2D eigenvalue weighted by Gasteiger charge is 2.04. The van der Waals surface area contributed by atoms with Crippen molar-refractivity contribution in [3.8, 4) is 0 Å². The van der Waals surface area contributed by atoms with Gasteiger partial charge >= 0.3 is 5.97 Å². The van der Waals surface area contributed by atoms with Crippen LogP contribution < -0.4 is 5.48 Å². The molecule has 0 spiro atoms. The van der Waals surface area contributed by atoms with Crippen LogP contribution in [-0.4, -0.2) is 5.97 Å². The molecule has 0 atom stereocenters. The highest BCUT2D eigenvalue weighted by atomic mass is 16.7. The van der Waals surface area contributed by atoms with Crippen LogP contribution in [0.4, 0.5) is 0 Å². The summed E-state index contributed by atoms with van der Waals surface area (Å²) < 4.78 is 0. The van der Waals surface area contributed by atoms with Gasteiger partial charge in [0.2, 0.25) is 0 Å². The maximum atomic E-state index is 11.2. The lowest BCUT2D eigenvalue weighted by atomic mass is 10.2. The van der Waals surface area contributed by atoms with Crippen molar-refractivity contribution in [2.24, 2.45) is 0 Å². The largest absolute Gasteiger partial charge is 0.362 e. The summed E-state index contributed by atoms with van der Waals surface area (Å²) in [7, 11) is 0. The van der Waals surface area contributed by atoms with E-state index in [1.54, 1.807) is 31.2 Å². The predicted molar refractivity (Wildman–Crippen MR) is 49.8 cm³/mol. The molecule has 0 fully saturated rings. The predicted octanol–water partition coefficient (Wildman–Crippen LogP) is 1.88. The van der Waals surface area contributed by atoms with Gasteiger partial charge < -0.3 is 4.84 Å². The van der Waals surface area contributed by atoms with Crippen molar-refractivity contribution >= 4 is 5.97 Å². The number of nitrogens with one attached hydrogen (secondary N) is 1. The van der Waals surface area contributed by atoms with E-state index in [4.69, 9.17) is 4.84 Å². The van der Waals surface area contributed by atoms with Crippen LogP contribution in [0.25, 0.3) is 0 Å². The first-order chi connectivity index (χ1) is 6.20. The molecule has 1 rings (SSSR count). The Morgan fingerprint density at radius 1 is 1.38 bits per heavy atom. The molecule has 0 unspecified atom stereocenters. The van der Waals surface area contributed by atoms with Crippen LogP contribution in [0.3, 0.4) is 0 Å². The van der Waals surface area contributed by atoms with Gasteiger partial charge in [0.25, 0.3) is 0 Å². The van der Waals surface area contributed by atoms with Gasteiger partial charge in [-0.15, -0.1) is 0 Å². The second-order valence-corrected chi connectivity index (χ2v) is 2.64. The zero-order chi connectivity index (χ0) is 9.68. The minimum Gasteiger partial charge on any atom is -0.338 e. The standard InChI is InChI=1S/C10H11NO2/c1-8(2)11-13-10(12)9-6-4-3-5-7-9/h3-7,11H,1H2,2H3. The first-order valence-electron chi connectivity index (χ1n) is 3.88. The maximum Gasteiger partial charge on any atom is 0.362 e. The number of rotatable bonds is 3. The lowest BCUT2D eigenvalue weighted by Gasteiger charge is -2.04. The minimum absolute atomic E-state index is 0.413. The summed E-state index contributed by atoms with van der Waals surface area (Å²) in [5.41, 5.74) is 3.50. The summed E-state index contributed by atoms with van der Waals surface area (Å²) in [4.78, 5) is 15.9. The van der Waals surface area contributed by atoms with Gasteiger partial charge in [-0.1, -0.05) is 24.8 Å². The molecule has 13 heavy (non-hydrogen) atoms. The molecule has 0 saturated carbocycles. The second kappa shape index (κ2) is 4.30. The van der Waals surface area contributed by atoms with Gasteiger partial charge in [0.1, 0.15) is 0 Å². The van der Waals surface area contributed by atoms with Crippen molar-refractivity contribution in [1.82, 2.24) is 5.48 Å². The minimum atomic E-state index is -0.413. The summed E-state index contributed by atoms with van der Waals surface area (Å²) >= 11 is 0. The first kappa shape index (κ1) is 9.32. The smallest absolute Gasteiger partial charge is 0.338 e. The van der Waals surface area contributed by atoms with E-state index in [1.807, 2.05) is 6.07 Å². The normalized spacial score (nSPS) is 9.00. The van der Waals surface area contributed by atoms with Crippen molar-refractivity contribution < 1.29 is 9.63 Å². The maximum absolute atomic E-state index is 11.2. The number of hydrogen-bond donors (Lipinski definition) is 1. The van der Waals surface area contributed by atoms with Crippen molar-refractivity contribution in [2.45, 2.75) is 6.92 Å². The molecule has 3 nitrogen and oxygen atoms in total. The Balaban J connectivity index is 2.54. The Bertz CT molecular complexity index is 306. The topological polar surface area (TPSA) is 38.3 Å². The van der Waals surface area contributed by atoms with Crippen molar-refractivity contribution in [3.05, 3.63) is 48.2 Å². The molecule has 0 aliphatic carbocycles. The first-order valence-corrected chi connectivity index (χ1v) is 3.88. The highest BCUT2D eigenvalue weighted by molar-refractivity contribution is 5.89. The van der Waals surface area contributed by atoms with E-state index in [1.165, 1.54) is 0 Å². The van der Waals surface area contributed by atoms with Crippen LogP contribution in [0.2, 0.25) is 0 Å². The number of carbonyl (C=O) groups is 1. The molecule has 0 aliphatic heterocycles. The third-order valence-corrected chi connectivity index (χ3v) is 1.33. The van der Waals surface area contributed by atoms with Gasteiger partial charge in [-0.3, -0.25) is 0 Å². The van der Waals surface area contributed by atoms with Gasteiger partial charge in [0, 0.05) is 5.70 Å². The van der Waals surface area contributed by atoms with E-state index < -0.39 is 5.97 Å². The average molecular weight is 177 g/mol. The molecule has 0 aliphatic rings. The number of hydroxylamine groups is 1. The van der Waals surface area contributed by atoms with Crippen LogP contribution in [-0.2, 0) is 4.84 Å². The summed E-state index contributed by atoms with van der Waals surface area (Å²) in [5.74, 6) is -0.413. The summed E-state index contributed by atoms with van der Waals surface area (Å²) in [6.45, 7) is 5.24. The molecule has 0 aromatic heterocycles. The second-order valence-electron chi connectivity index (χ2n) is 2.64. The van der Waals surface area contributed by atoms with Crippen molar-refractivity contribution in [3.63, 3.8) is 0 Å². The summed E-state index contributed by atoms with van der Waals surface area (Å²) in [6.07, 6.45) is 0. The molecule has 1 aromatic carbocycles. The molecule has 0 bridgehead atoms. The van der Waals surface area contributed by atoms with Crippen LogP contribution in [0, 0.1) is 0 Å². The molecular weight excluding hydrogens is 166 g/mol. The third kappa shape index (κ3) is 2.99. The lowest BCUT2D eigenvalue weighted by Crippen LogP contribution is -2.17. The fraction of sp³-hybridized carbons (Fsp3) is 0.100. The Morgan fingerprint density at radius 3 is 2.54 bits per heavy atom. The van der Waals surface area contributed by atoms with Crippen LogP contribution in [0.1, 0.15) is 17.3 Å². The molecule has 0 amide bonds. The molecule has 1 aromatic rings. The Hall–Kier alpha value is -1.77. The van der Waals surface area contributed by atoms with E-state index in [-0.39, 0.29) is 0 Å². The van der Waals surface area contributed by atoms with Crippen LogP contribution in [0.15, 0.2) is 42.6 Å². The number of allylic oxidation sites excluding steroid dienone is 1. The van der Waals surface area contributed by atoms with Crippen molar-refractivity contribution in [2.75, 3.05) is 0 Å². The van der Waals surface area contributed by atoms with Gasteiger partial charge in [0.05, 0.1) is 5.56 Å². The molecule has 0 heterocycles. The molecule has 0 saturated heterocycles.